The third kappa shape index (κ3) is 1.97. The van der Waals surface area contributed by atoms with Crippen LogP contribution < -0.4 is 5.32 Å². The van der Waals surface area contributed by atoms with Gasteiger partial charge in [0.1, 0.15) is 5.82 Å². The van der Waals surface area contributed by atoms with Crippen LogP contribution in [0.15, 0.2) is 18.2 Å². The number of benzene rings is 1. The second-order valence-electron chi connectivity index (χ2n) is 5.77. The van der Waals surface area contributed by atoms with Crippen LogP contribution >= 0.6 is 0 Å². The highest BCUT2D eigenvalue weighted by Gasteiger charge is 2.58. The van der Waals surface area contributed by atoms with Crippen LogP contribution in [0.2, 0.25) is 0 Å². The maximum absolute atomic E-state index is 13.9. The number of hydrogen-bond acceptors (Lipinski definition) is 3. The summed E-state index contributed by atoms with van der Waals surface area (Å²) in [5, 5.41) is 12.1. The molecule has 2 saturated carbocycles. The molecule has 0 aromatic heterocycles. The normalized spacial score (nSPS) is 26.4. The Morgan fingerprint density at radius 2 is 2.30 bits per heavy atom. The van der Waals surface area contributed by atoms with Gasteiger partial charge in [0, 0.05) is 18.1 Å². The standard InChI is InChI=1S/C16H19FN2O/c1-2-20-15-9-14(16(15)6-3-7-16)19-13-5-4-11(10-18)8-12(13)17/h4-5,8,14-15,19H,2-3,6-7,9H2,1H3. The van der Waals surface area contributed by atoms with E-state index in [2.05, 4.69) is 5.32 Å². The number of hydrogen-bond donors (Lipinski definition) is 1. The van der Waals surface area contributed by atoms with Crippen molar-refractivity contribution in [3.63, 3.8) is 0 Å². The average Bonchev–Trinajstić information content (AvgIpc) is 2.37. The lowest BCUT2D eigenvalue weighted by atomic mass is 9.51. The zero-order valence-electron chi connectivity index (χ0n) is 11.7. The maximum Gasteiger partial charge on any atom is 0.147 e. The third-order valence-electron chi connectivity index (χ3n) is 4.87. The maximum atomic E-state index is 13.9. The van der Waals surface area contributed by atoms with Gasteiger partial charge in [-0.15, -0.1) is 0 Å². The summed E-state index contributed by atoms with van der Waals surface area (Å²) in [6.45, 7) is 2.76. The molecule has 2 atom stereocenters. The molecule has 0 heterocycles. The molecule has 1 spiro atoms. The largest absolute Gasteiger partial charge is 0.379 e. The Kier molecular flexibility index (Phi) is 3.39. The van der Waals surface area contributed by atoms with E-state index in [9.17, 15) is 4.39 Å². The SMILES string of the molecule is CCOC1CC(Nc2ccc(C#N)cc2F)C12CCC2. The van der Waals surface area contributed by atoms with Crippen molar-refractivity contribution in [2.75, 3.05) is 11.9 Å². The molecule has 0 saturated heterocycles. The van der Waals surface area contributed by atoms with Crippen LogP contribution in [0.3, 0.4) is 0 Å². The summed E-state index contributed by atoms with van der Waals surface area (Å²) < 4.78 is 19.7. The van der Waals surface area contributed by atoms with Gasteiger partial charge in [0.05, 0.1) is 23.4 Å². The Bertz CT molecular complexity index is 548. The molecule has 3 rings (SSSR count). The lowest BCUT2D eigenvalue weighted by Gasteiger charge is -2.61. The minimum absolute atomic E-state index is 0.205. The van der Waals surface area contributed by atoms with Crippen LogP contribution in [0.5, 0.6) is 0 Å². The average molecular weight is 274 g/mol. The van der Waals surface area contributed by atoms with E-state index in [0.29, 0.717) is 17.4 Å². The van der Waals surface area contributed by atoms with Gasteiger partial charge in [-0.25, -0.2) is 4.39 Å². The molecule has 1 aromatic carbocycles. The Balaban J connectivity index is 1.72. The second kappa shape index (κ2) is 5.06. The number of nitriles is 1. The first-order valence-electron chi connectivity index (χ1n) is 7.27. The molecule has 20 heavy (non-hydrogen) atoms. The number of nitrogens with one attached hydrogen (secondary N) is 1. The van der Waals surface area contributed by atoms with Crippen LogP contribution in [0.4, 0.5) is 10.1 Å². The van der Waals surface area contributed by atoms with Crippen LogP contribution in [0.25, 0.3) is 0 Å². The van der Waals surface area contributed by atoms with Crippen LogP contribution in [0, 0.1) is 22.6 Å². The summed E-state index contributed by atoms with van der Waals surface area (Å²) in [5.41, 5.74) is 1.05. The van der Waals surface area contributed by atoms with E-state index < -0.39 is 0 Å². The number of rotatable bonds is 4. The molecule has 2 aliphatic rings. The Hall–Kier alpha value is -1.60. The van der Waals surface area contributed by atoms with Gasteiger partial charge < -0.3 is 10.1 Å². The highest BCUT2D eigenvalue weighted by atomic mass is 19.1. The van der Waals surface area contributed by atoms with Crippen LogP contribution in [-0.2, 0) is 4.74 Å². The molecule has 0 radical (unpaired) electrons. The van der Waals surface area contributed by atoms with Gasteiger partial charge in [-0.2, -0.15) is 5.26 Å². The van der Waals surface area contributed by atoms with Crippen molar-refractivity contribution in [3.8, 4) is 6.07 Å². The van der Waals surface area contributed by atoms with Crippen molar-refractivity contribution < 1.29 is 9.13 Å². The molecular formula is C16H19FN2O. The monoisotopic (exact) mass is 274 g/mol. The summed E-state index contributed by atoms with van der Waals surface area (Å²) in [7, 11) is 0. The summed E-state index contributed by atoms with van der Waals surface area (Å²) in [6.07, 6.45) is 4.81. The Morgan fingerprint density at radius 3 is 2.85 bits per heavy atom. The minimum Gasteiger partial charge on any atom is -0.379 e. The molecule has 106 valence electrons. The fraction of sp³-hybridized carbons (Fsp3) is 0.562. The van der Waals surface area contributed by atoms with E-state index in [1.807, 2.05) is 13.0 Å². The molecule has 4 heteroatoms. The van der Waals surface area contributed by atoms with E-state index in [1.54, 1.807) is 12.1 Å². The fourth-order valence-electron chi connectivity index (χ4n) is 3.53. The quantitative estimate of drug-likeness (QED) is 0.914. The number of ether oxygens (including phenoxy) is 1. The van der Waals surface area contributed by atoms with E-state index >= 15 is 0 Å². The van der Waals surface area contributed by atoms with Gasteiger partial charge in [0.25, 0.3) is 0 Å². The van der Waals surface area contributed by atoms with E-state index in [4.69, 9.17) is 10.00 Å². The van der Waals surface area contributed by atoms with Crippen molar-refractivity contribution in [2.24, 2.45) is 5.41 Å². The van der Waals surface area contributed by atoms with Crippen molar-refractivity contribution in [3.05, 3.63) is 29.6 Å². The first-order valence-corrected chi connectivity index (χ1v) is 7.27. The molecule has 1 N–H and O–H groups in total. The highest BCUT2D eigenvalue weighted by Crippen LogP contribution is 2.58. The zero-order chi connectivity index (χ0) is 14.2. The highest BCUT2D eigenvalue weighted by molar-refractivity contribution is 5.50. The van der Waals surface area contributed by atoms with E-state index in [-0.39, 0.29) is 17.3 Å². The third-order valence-corrected chi connectivity index (χ3v) is 4.87. The molecular weight excluding hydrogens is 255 g/mol. The van der Waals surface area contributed by atoms with E-state index in [1.165, 1.54) is 12.5 Å². The Labute approximate surface area is 118 Å². The topological polar surface area (TPSA) is 45.0 Å². The molecule has 0 aliphatic heterocycles. The first kappa shape index (κ1) is 13.4. The summed E-state index contributed by atoms with van der Waals surface area (Å²) in [5.74, 6) is -0.349. The predicted molar refractivity (Wildman–Crippen MR) is 74.8 cm³/mol. The van der Waals surface area contributed by atoms with Gasteiger partial charge in [-0.3, -0.25) is 0 Å². The number of nitrogens with zero attached hydrogens (tertiary/aromatic N) is 1. The van der Waals surface area contributed by atoms with Crippen molar-refractivity contribution in [2.45, 2.75) is 44.8 Å². The smallest absolute Gasteiger partial charge is 0.147 e. The van der Waals surface area contributed by atoms with Crippen molar-refractivity contribution in [1.29, 1.82) is 5.26 Å². The van der Waals surface area contributed by atoms with Crippen LogP contribution in [-0.4, -0.2) is 18.8 Å². The number of anilines is 1. The lowest BCUT2D eigenvalue weighted by molar-refractivity contribution is -0.157. The second-order valence-corrected chi connectivity index (χ2v) is 5.77. The fourth-order valence-corrected chi connectivity index (χ4v) is 3.53. The summed E-state index contributed by atoms with van der Waals surface area (Å²) in [6, 6.07) is 6.84. The van der Waals surface area contributed by atoms with Crippen molar-refractivity contribution >= 4 is 5.69 Å². The van der Waals surface area contributed by atoms with Gasteiger partial charge >= 0.3 is 0 Å². The molecule has 2 aliphatic carbocycles. The zero-order valence-corrected chi connectivity index (χ0v) is 11.7. The van der Waals surface area contributed by atoms with Gasteiger partial charge in [-0.05, 0) is 44.4 Å². The Morgan fingerprint density at radius 1 is 1.50 bits per heavy atom. The summed E-state index contributed by atoms with van der Waals surface area (Å²) >= 11 is 0. The van der Waals surface area contributed by atoms with Gasteiger partial charge in [-0.1, -0.05) is 6.42 Å². The van der Waals surface area contributed by atoms with E-state index in [0.717, 1.165) is 25.9 Å². The first-order chi connectivity index (χ1) is 9.69. The van der Waals surface area contributed by atoms with Crippen molar-refractivity contribution in [1.82, 2.24) is 0 Å². The number of halogens is 1. The molecule has 1 aromatic rings. The molecule has 2 unspecified atom stereocenters. The van der Waals surface area contributed by atoms with Crippen LogP contribution in [0.1, 0.15) is 38.2 Å². The molecule has 0 bridgehead atoms. The molecule has 3 nitrogen and oxygen atoms in total. The molecule has 0 amide bonds. The molecule has 2 fully saturated rings. The minimum atomic E-state index is -0.349. The van der Waals surface area contributed by atoms with Gasteiger partial charge in [0.2, 0.25) is 0 Å². The lowest BCUT2D eigenvalue weighted by Crippen LogP contribution is -2.64. The van der Waals surface area contributed by atoms with Gasteiger partial charge in [0.15, 0.2) is 0 Å². The predicted octanol–water partition coefficient (Wildman–Crippen LogP) is 3.46. The summed E-state index contributed by atoms with van der Waals surface area (Å²) in [4.78, 5) is 0.